The third kappa shape index (κ3) is 7.52. The molecule has 0 heterocycles. The van der Waals surface area contributed by atoms with Gasteiger partial charge in [0.1, 0.15) is 0 Å². The van der Waals surface area contributed by atoms with E-state index < -0.39 is 0 Å². The Kier molecular flexibility index (Phi) is 5.35. The molecular weight excluding hydrogens is 110 g/mol. The van der Waals surface area contributed by atoms with Crippen LogP contribution in [0.2, 0.25) is 0 Å². The maximum absolute atomic E-state index is 5.28. The summed E-state index contributed by atoms with van der Waals surface area (Å²) in [5.41, 5.74) is 5.28. The summed E-state index contributed by atoms with van der Waals surface area (Å²) in [6.07, 6.45) is 1.98. The van der Waals surface area contributed by atoms with Gasteiger partial charge in [-0.1, -0.05) is 13.8 Å². The van der Waals surface area contributed by atoms with Crippen molar-refractivity contribution in [2.24, 2.45) is 11.7 Å². The molecule has 0 atom stereocenters. The molecule has 0 bridgehead atoms. The molecule has 9 heavy (non-hydrogen) atoms. The molecule has 0 fully saturated rings. The molecule has 52 valence electrons. The van der Waals surface area contributed by atoms with E-state index in [4.69, 9.17) is 5.73 Å². The molecule has 0 aromatic carbocycles. The third-order valence-electron chi connectivity index (χ3n) is 0.897. The van der Waals surface area contributed by atoms with Crippen molar-refractivity contribution in [3.8, 4) is 11.8 Å². The topological polar surface area (TPSA) is 26.0 Å². The average Bonchev–Trinajstić information content (AvgIpc) is 1.80. The average molecular weight is 125 g/mol. The molecule has 0 radical (unpaired) electrons. The van der Waals surface area contributed by atoms with Crippen LogP contribution in [0.4, 0.5) is 0 Å². The first-order valence-corrected chi connectivity index (χ1v) is 3.46. The van der Waals surface area contributed by atoms with Gasteiger partial charge in [-0.3, -0.25) is 0 Å². The van der Waals surface area contributed by atoms with Crippen LogP contribution in [0.5, 0.6) is 0 Å². The lowest BCUT2D eigenvalue weighted by Gasteiger charge is -1.87. The monoisotopic (exact) mass is 125 g/mol. The number of hydrogen-bond donors (Lipinski definition) is 1. The van der Waals surface area contributed by atoms with E-state index in [-0.39, 0.29) is 0 Å². The smallest absolute Gasteiger partial charge is 0.0146 e. The Morgan fingerprint density at radius 3 is 2.56 bits per heavy atom. The summed E-state index contributed by atoms with van der Waals surface area (Å²) in [6.45, 7) is 4.94. The Bertz CT molecular complexity index is 105. The normalized spacial score (nSPS) is 8.89. The molecule has 0 unspecified atom stereocenters. The minimum atomic E-state index is 0.503. The Balaban J connectivity index is 3.16. The van der Waals surface area contributed by atoms with Crippen LogP contribution in [-0.2, 0) is 0 Å². The first-order valence-electron chi connectivity index (χ1n) is 3.46. The van der Waals surface area contributed by atoms with Gasteiger partial charge in [-0.15, -0.1) is 11.8 Å². The standard InChI is InChI=1S/C8H15N/c1-8(2)6-4-3-5-7-9/h8H,3,5,7,9H2,1-2H3. The molecule has 0 aliphatic rings. The molecule has 0 saturated heterocycles. The van der Waals surface area contributed by atoms with Crippen molar-refractivity contribution in [1.29, 1.82) is 0 Å². The minimum absolute atomic E-state index is 0.503. The maximum Gasteiger partial charge on any atom is 0.0146 e. The van der Waals surface area contributed by atoms with E-state index in [1.54, 1.807) is 0 Å². The van der Waals surface area contributed by atoms with Gasteiger partial charge in [0, 0.05) is 12.3 Å². The molecule has 2 N–H and O–H groups in total. The molecule has 0 aliphatic heterocycles. The zero-order valence-corrected chi connectivity index (χ0v) is 6.28. The van der Waals surface area contributed by atoms with Gasteiger partial charge in [0.05, 0.1) is 0 Å². The summed E-state index contributed by atoms with van der Waals surface area (Å²) in [5, 5.41) is 0. The Hall–Kier alpha value is -0.480. The van der Waals surface area contributed by atoms with Crippen LogP contribution in [0.25, 0.3) is 0 Å². The van der Waals surface area contributed by atoms with Gasteiger partial charge in [-0.05, 0) is 13.0 Å². The van der Waals surface area contributed by atoms with E-state index in [9.17, 15) is 0 Å². The summed E-state index contributed by atoms with van der Waals surface area (Å²) in [5.74, 6) is 6.63. The molecule has 0 aromatic rings. The highest BCUT2D eigenvalue weighted by Gasteiger charge is 1.80. The van der Waals surface area contributed by atoms with Gasteiger partial charge in [0.2, 0.25) is 0 Å². The zero-order chi connectivity index (χ0) is 7.11. The third-order valence-corrected chi connectivity index (χ3v) is 0.897. The number of rotatable bonds is 2. The van der Waals surface area contributed by atoms with Crippen molar-refractivity contribution >= 4 is 0 Å². The highest BCUT2D eigenvalue weighted by Crippen LogP contribution is 1.88. The van der Waals surface area contributed by atoms with E-state index in [1.807, 2.05) is 0 Å². The number of unbranched alkanes of at least 4 members (excludes halogenated alkanes) is 1. The SMILES string of the molecule is CC(C)C#CCCCN. The largest absolute Gasteiger partial charge is 0.330 e. The van der Waals surface area contributed by atoms with Crippen molar-refractivity contribution < 1.29 is 0 Å². The van der Waals surface area contributed by atoms with Crippen molar-refractivity contribution in [2.45, 2.75) is 26.7 Å². The Labute approximate surface area is 57.6 Å². The molecular formula is C8H15N. The van der Waals surface area contributed by atoms with Crippen LogP contribution in [-0.4, -0.2) is 6.54 Å². The van der Waals surface area contributed by atoms with Crippen molar-refractivity contribution in [2.75, 3.05) is 6.54 Å². The molecule has 0 saturated carbocycles. The van der Waals surface area contributed by atoms with E-state index >= 15 is 0 Å². The molecule has 0 aliphatic carbocycles. The molecule has 0 spiro atoms. The maximum atomic E-state index is 5.28. The second kappa shape index (κ2) is 5.65. The lowest BCUT2D eigenvalue weighted by molar-refractivity contribution is 0.846. The molecule has 0 aromatic heterocycles. The van der Waals surface area contributed by atoms with Gasteiger partial charge < -0.3 is 5.73 Å². The quantitative estimate of drug-likeness (QED) is 0.438. The van der Waals surface area contributed by atoms with Gasteiger partial charge in [-0.2, -0.15) is 0 Å². The fraction of sp³-hybridized carbons (Fsp3) is 0.750. The predicted molar refractivity (Wildman–Crippen MR) is 40.9 cm³/mol. The highest BCUT2D eigenvalue weighted by atomic mass is 14.5. The van der Waals surface area contributed by atoms with Crippen LogP contribution >= 0.6 is 0 Å². The molecule has 1 heteroatoms. The van der Waals surface area contributed by atoms with Crippen LogP contribution in [0.3, 0.4) is 0 Å². The summed E-state index contributed by atoms with van der Waals surface area (Å²) >= 11 is 0. The zero-order valence-electron chi connectivity index (χ0n) is 6.28. The van der Waals surface area contributed by atoms with Crippen LogP contribution < -0.4 is 5.73 Å². The lowest BCUT2D eigenvalue weighted by Crippen LogP contribution is -1.96. The summed E-state index contributed by atoms with van der Waals surface area (Å²) in [7, 11) is 0. The van der Waals surface area contributed by atoms with Crippen LogP contribution in [0.1, 0.15) is 26.7 Å². The fourth-order valence-corrected chi connectivity index (χ4v) is 0.467. The molecule has 0 amide bonds. The fourth-order valence-electron chi connectivity index (χ4n) is 0.467. The van der Waals surface area contributed by atoms with Crippen molar-refractivity contribution in [3.63, 3.8) is 0 Å². The van der Waals surface area contributed by atoms with Crippen LogP contribution in [0, 0.1) is 17.8 Å². The number of hydrogen-bond acceptors (Lipinski definition) is 1. The van der Waals surface area contributed by atoms with Gasteiger partial charge in [0.15, 0.2) is 0 Å². The van der Waals surface area contributed by atoms with Gasteiger partial charge in [0.25, 0.3) is 0 Å². The minimum Gasteiger partial charge on any atom is -0.330 e. The van der Waals surface area contributed by atoms with Gasteiger partial charge in [-0.25, -0.2) is 0 Å². The second-order valence-corrected chi connectivity index (χ2v) is 2.37. The molecule has 1 nitrogen and oxygen atoms in total. The summed E-state index contributed by atoms with van der Waals surface area (Å²) in [6, 6.07) is 0. The number of nitrogens with two attached hydrogens (primary N) is 1. The van der Waals surface area contributed by atoms with E-state index in [0.717, 1.165) is 19.4 Å². The Morgan fingerprint density at radius 1 is 1.44 bits per heavy atom. The summed E-state index contributed by atoms with van der Waals surface area (Å²) in [4.78, 5) is 0. The molecule has 0 rings (SSSR count). The Morgan fingerprint density at radius 2 is 2.11 bits per heavy atom. The van der Waals surface area contributed by atoms with Crippen LogP contribution in [0.15, 0.2) is 0 Å². The summed E-state index contributed by atoms with van der Waals surface area (Å²) < 4.78 is 0. The predicted octanol–water partition coefficient (Wildman–Crippen LogP) is 1.38. The van der Waals surface area contributed by atoms with E-state index in [2.05, 4.69) is 25.7 Å². The first-order chi connectivity index (χ1) is 4.27. The van der Waals surface area contributed by atoms with Gasteiger partial charge >= 0.3 is 0 Å². The van der Waals surface area contributed by atoms with E-state index in [1.165, 1.54) is 0 Å². The first kappa shape index (κ1) is 8.52. The van der Waals surface area contributed by atoms with E-state index in [0.29, 0.717) is 5.92 Å². The lowest BCUT2D eigenvalue weighted by atomic mass is 10.2. The van der Waals surface area contributed by atoms with Crippen molar-refractivity contribution in [1.82, 2.24) is 0 Å². The second-order valence-electron chi connectivity index (χ2n) is 2.37. The van der Waals surface area contributed by atoms with Crippen molar-refractivity contribution in [3.05, 3.63) is 0 Å². The highest BCUT2D eigenvalue weighted by molar-refractivity contribution is 5.00.